The quantitative estimate of drug-likeness (QED) is 0.182. The predicted molar refractivity (Wildman–Crippen MR) is 207 cm³/mol. The van der Waals surface area contributed by atoms with Gasteiger partial charge < -0.3 is 28.1 Å². The van der Waals surface area contributed by atoms with Crippen LogP contribution in [0.4, 0.5) is 19.4 Å². The Kier molecular flexibility index (Phi) is 9.16. The van der Waals surface area contributed by atoms with Crippen LogP contribution < -0.4 is 20.2 Å². The zero-order valence-corrected chi connectivity index (χ0v) is 32.4. The fourth-order valence-electron chi connectivity index (χ4n) is 9.38. The van der Waals surface area contributed by atoms with E-state index in [-0.39, 0.29) is 57.0 Å². The molecule has 13 nitrogen and oxygen atoms in total. The van der Waals surface area contributed by atoms with Crippen molar-refractivity contribution < 1.29 is 31.9 Å². The predicted octanol–water partition coefficient (Wildman–Crippen LogP) is 5.91. The molecule has 1 amide bonds. The van der Waals surface area contributed by atoms with Crippen molar-refractivity contribution in [2.45, 2.75) is 64.1 Å². The minimum absolute atomic E-state index is 0.0231. The van der Waals surface area contributed by atoms with Crippen molar-refractivity contribution in [3.63, 3.8) is 0 Å². The van der Waals surface area contributed by atoms with Crippen LogP contribution in [0.1, 0.15) is 55.4 Å². The molecule has 0 bridgehead atoms. The van der Waals surface area contributed by atoms with Crippen LogP contribution in [-0.4, -0.2) is 101 Å². The molecule has 4 aliphatic rings. The molecule has 2 aromatic carbocycles. The Balaban J connectivity index is 1.21. The maximum absolute atomic E-state index is 17.6. The highest BCUT2D eigenvalue weighted by atomic mass is 19.1. The lowest BCUT2D eigenvalue weighted by Gasteiger charge is -2.43. The molecule has 15 heteroatoms. The summed E-state index contributed by atoms with van der Waals surface area (Å²) >= 11 is 0. The lowest BCUT2D eigenvalue weighted by molar-refractivity contribution is 0.107. The van der Waals surface area contributed by atoms with Gasteiger partial charge in [-0.2, -0.15) is 9.97 Å². The molecule has 2 atom stereocenters. The van der Waals surface area contributed by atoms with E-state index in [1.165, 1.54) is 23.1 Å². The summed E-state index contributed by atoms with van der Waals surface area (Å²) in [5.74, 6) is 1.84. The van der Waals surface area contributed by atoms with Gasteiger partial charge in [0.2, 0.25) is 0 Å². The standard InChI is InChI=1S/C42H43F2N7O6/c1-6-27-29(43)10-9-25-18-26(56-40(52)48(4)5)19-28(33(25)27)36-35(44)37-34-30(45-36)17-23(2)31-20-49(21-32-24(3)55-41(53)57-32)15-16-51(31)38(34)47-39(46-37)54-22-42-11-7-13-50(42)14-8-12-42/h1,9-10,18-19,23,31H,7-8,11-17,20-22H2,2-5H3/t23-,31?/m0/s1. The highest BCUT2D eigenvalue weighted by Crippen LogP contribution is 2.44. The van der Waals surface area contributed by atoms with E-state index in [9.17, 15) is 9.59 Å². The van der Waals surface area contributed by atoms with Crippen molar-refractivity contribution in [3.05, 3.63) is 69.3 Å². The Morgan fingerprint density at radius 1 is 1.07 bits per heavy atom. The molecule has 0 N–H and O–H groups in total. The van der Waals surface area contributed by atoms with Gasteiger partial charge in [0.05, 0.1) is 28.7 Å². The first-order valence-electron chi connectivity index (χ1n) is 19.4. The van der Waals surface area contributed by atoms with Crippen molar-refractivity contribution in [1.82, 2.24) is 29.7 Å². The SMILES string of the molecule is C#Cc1c(F)ccc2cc(OC(=O)N(C)C)cc(-c3nc4c5c(nc(OCC67CCCN6CCC7)nc5c3F)N3CCN(Cc5oc(=O)oc5C)CC3[C@@H](C)C4)c12. The van der Waals surface area contributed by atoms with E-state index in [1.807, 2.05) is 0 Å². The molecule has 4 aliphatic heterocycles. The summed E-state index contributed by atoms with van der Waals surface area (Å²) in [5, 5.41) is 1.17. The summed E-state index contributed by atoms with van der Waals surface area (Å²) < 4.78 is 55.7. The number of ether oxygens (including phenoxy) is 2. The van der Waals surface area contributed by atoms with Gasteiger partial charge >= 0.3 is 17.9 Å². The van der Waals surface area contributed by atoms with Gasteiger partial charge in [-0.15, -0.1) is 6.42 Å². The van der Waals surface area contributed by atoms with Crippen molar-refractivity contribution >= 4 is 33.6 Å². The Hall–Kier alpha value is -5.59. The highest BCUT2D eigenvalue weighted by Gasteiger charge is 2.45. The molecule has 7 heterocycles. The van der Waals surface area contributed by atoms with Crippen LogP contribution in [-0.2, 0) is 13.0 Å². The Morgan fingerprint density at radius 2 is 1.86 bits per heavy atom. The van der Waals surface area contributed by atoms with Gasteiger partial charge in [-0.3, -0.25) is 9.80 Å². The maximum atomic E-state index is 17.6. The lowest BCUT2D eigenvalue weighted by atomic mass is 9.93. The molecule has 57 heavy (non-hydrogen) atoms. The Morgan fingerprint density at radius 3 is 2.58 bits per heavy atom. The fraction of sp³-hybridized carbons (Fsp3) is 0.452. The number of benzene rings is 2. The monoisotopic (exact) mass is 779 g/mol. The van der Waals surface area contributed by atoms with Gasteiger partial charge in [0.25, 0.3) is 0 Å². The van der Waals surface area contributed by atoms with E-state index < -0.39 is 23.6 Å². The first-order chi connectivity index (χ1) is 27.4. The first-order valence-corrected chi connectivity index (χ1v) is 19.4. The topological polar surface area (TPSA) is 131 Å². The third kappa shape index (κ3) is 6.35. The molecule has 0 spiro atoms. The van der Waals surface area contributed by atoms with E-state index >= 15 is 8.78 Å². The average molecular weight is 780 g/mol. The number of amides is 1. The second kappa shape index (κ2) is 14.1. The van der Waals surface area contributed by atoms with Crippen LogP contribution in [0, 0.1) is 36.8 Å². The number of rotatable bonds is 7. The fourth-order valence-corrected chi connectivity index (χ4v) is 9.38. The van der Waals surface area contributed by atoms with Crippen LogP contribution in [0.25, 0.3) is 32.9 Å². The van der Waals surface area contributed by atoms with Gasteiger partial charge in [0.15, 0.2) is 11.6 Å². The first kappa shape index (κ1) is 37.0. The molecule has 3 saturated heterocycles. The molecular formula is C42H43F2N7O6. The van der Waals surface area contributed by atoms with Crippen LogP contribution in [0.3, 0.4) is 0 Å². The maximum Gasteiger partial charge on any atom is 0.519 e. The molecule has 5 aromatic rings. The third-order valence-corrected chi connectivity index (χ3v) is 12.3. The zero-order valence-electron chi connectivity index (χ0n) is 32.4. The summed E-state index contributed by atoms with van der Waals surface area (Å²) in [6, 6.07) is 5.75. The summed E-state index contributed by atoms with van der Waals surface area (Å²) in [6.45, 7) is 8.36. The molecule has 0 aliphatic carbocycles. The average Bonchev–Trinajstić information content (AvgIpc) is 3.85. The van der Waals surface area contributed by atoms with Crippen molar-refractivity contribution in [3.8, 4) is 35.4 Å². The number of aromatic nitrogens is 3. The minimum Gasteiger partial charge on any atom is -0.461 e. The van der Waals surface area contributed by atoms with Gasteiger partial charge in [0.1, 0.15) is 41.0 Å². The second-order valence-corrected chi connectivity index (χ2v) is 16.0. The number of halogens is 2. The van der Waals surface area contributed by atoms with E-state index in [0.29, 0.717) is 73.0 Å². The number of pyridine rings is 1. The molecule has 9 rings (SSSR count). The number of piperazine rings is 1. The summed E-state index contributed by atoms with van der Waals surface area (Å²) in [5.41, 5.74) is 0.450. The number of terminal acetylenes is 1. The van der Waals surface area contributed by atoms with Crippen LogP contribution in [0.15, 0.2) is 37.9 Å². The van der Waals surface area contributed by atoms with Crippen LogP contribution in [0.2, 0.25) is 0 Å². The molecule has 1 unspecified atom stereocenters. The summed E-state index contributed by atoms with van der Waals surface area (Å²) in [7, 11) is 3.10. The molecular weight excluding hydrogens is 737 g/mol. The Labute approximate surface area is 327 Å². The number of carbonyl (C=O) groups excluding carboxylic acids is 1. The molecule has 0 radical (unpaired) electrons. The minimum atomic E-state index is -0.761. The van der Waals surface area contributed by atoms with E-state index in [0.717, 1.165) is 38.8 Å². The summed E-state index contributed by atoms with van der Waals surface area (Å²) in [4.78, 5) is 47.6. The number of hydrogen-bond acceptors (Lipinski definition) is 12. The normalized spacial score (nSPS) is 20.3. The number of carbonyl (C=O) groups is 1. The summed E-state index contributed by atoms with van der Waals surface area (Å²) in [6.07, 6.45) is 9.85. The van der Waals surface area contributed by atoms with Gasteiger partial charge in [-0.25, -0.2) is 23.4 Å². The largest absolute Gasteiger partial charge is 0.519 e. The second-order valence-electron chi connectivity index (χ2n) is 16.0. The highest BCUT2D eigenvalue weighted by molar-refractivity contribution is 6.04. The van der Waals surface area contributed by atoms with Crippen molar-refractivity contribution in [1.29, 1.82) is 0 Å². The van der Waals surface area contributed by atoms with Crippen molar-refractivity contribution in [2.24, 2.45) is 5.92 Å². The number of aryl methyl sites for hydroxylation is 1. The van der Waals surface area contributed by atoms with Gasteiger partial charge in [-0.1, -0.05) is 18.9 Å². The number of hydrogen-bond donors (Lipinski definition) is 0. The smallest absolute Gasteiger partial charge is 0.461 e. The molecule has 3 fully saturated rings. The number of anilines is 1. The van der Waals surface area contributed by atoms with E-state index in [4.69, 9.17) is 39.7 Å². The van der Waals surface area contributed by atoms with Gasteiger partial charge in [-0.05, 0) is 81.6 Å². The number of fused-ring (bicyclic) bond motifs is 4. The van der Waals surface area contributed by atoms with Crippen molar-refractivity contribution in [2.75, 3.05) is 58.3 Å². The van der Waals surface area contributed by atoms with E-state index in [1.54, 1.807) is 27.1 Å². The molecule has 296 valence electrons. The van der Waals surface area contributed by atoms with Gasteiger partial charge in [0, 0.05) is 50.7 Å². The molecule has 3 aromatic heterocycles. The zero-order chi connectivity index (χ0) is 39.7. The number of nitrogens with zero attached hydrogens (tertiary/aromatic N) is 7. The van der Waals surface area contributed by atoms with E-state index in [2.05, 4.69) is 27.5 Å². The van der Waals surface area contributed by atoms with Crippen LogP contribution >= 0.6 is 0 Å². The lowest BCUT2D eigenvalue weighted by Crippen LogP contribution is -2.55. The Bertz CT molecular complexity index is 2540. The third-order valence-electron chi connectivity index (χ3n) is 12.3. The molecule has 0 saturated carbocycles. The van der Waals surface area contributed by atoms with Crippen LogP contribution in [0.5, 0.6) is 11.8 Å².